The number of pyridine rings is 2. The number of hydrogen-bond acceptors (Lipinski definition) is 5. The third kappa shape index (κ3) is 4.74. The lowest BCUT2D eigenvalue weighted by molar-refractivity contribution is -0.137. The van der Waals surface area contributed by atoms with Crippen LogP contribution in [0.25, 0.3) is 21.8 Å². The van der Waals surface area contributed by atoms with Crippen molar-refractivity contribution < 1.29 is 14.6 Å². The van der Waals surface area contributed by atoms with Crippen LogP contribution in [0.4, 0.5) is 5.82 Å². The molecular formula is C25H25N3O3. The SMILES string of the molecule is Cc1ccc2c(c1)nc(N)c1nccc(CCc3ccc(OCCCC(=O)O)cc3)c12. The zero-order chi connectivity index (χ0) is 21.8. The van der Waals surface area contributed by atoms with Crippen LogP contribution in [-0.2, 0) is 17.6 Å². The number of carboxylic acids is 1. The van der Waals surface area contributed by atoms with E-state index in [0.29, 0.717) is 18.8 Å². The number of nitrogens with two attached hydrogens (primary N) is 1. The van der Waals surface area contributed by atoms with Crippen LogP contribution in [0, 0.1) is 6.92 Å². The van der Waals surface area contributed by atoms with Gasteiger partial charge in [0.2, 0.25) is 0 Å². The van der Waals surface area contributed by atoms with Crippen molar-refractivity contribution in [3.05, 3.63) is 71.4 Å². The Morgan fingerprint density at radius 1 is 1.10 bits per heavy atom. The lowest BCUT2D eigenvalue weighted by atomic mass is 9.98. The molecule has 0 fully saturated rings. The van der Waals surface area contributed by atoms with Crippen molar-refractivity contribution in [2.24, 2.45) is 0 Å². The van der Waals surface area contributed by atoms with Crippen molar-refractivity contribution in [1.29, 1.82) is 0 Å². The van der Waals surface area contributed by atoms with Gasteiger partial charge in [-0.05, 0) is 67.1 Å². The van der Waals surface area contributed by atoms with Gasteiger partial charge in [0, 0.05) is 23.4 Å². The maximum Gasteiger partial charge on any atom is 0.303 e. The molecule has 4 rings (SSSR count). The summed E-state index contributed by atoms with van der Waals surface area (Å²) in [5.41, 5.74) is 11.4. The van der Waals surface area contributed by atoms with Crippen LogP contribution in [0.2, 0.25) is 0 Å². The molecule has 158 valence electrons. The minimum atomic E-state index is -0.803. The molecule has 0 saturated heterocycles. The van der Waals surface area contributed by atoms with Crippen molar-refractivity contribution in [3.8, 4) is 5.75 Å². The minimum Gasteiger partial charge on any atom is -0.494 e. The number of nitrogens with zero attached hydrogens (tertiary/aromatic N) is 2. The molecule has 0 atom stereocenters. The Morgan fingerprint density at radius 2 is 1.90 bits per heavy atom. The highest BCUT2D eigenvalue weighted by molar-refractivity contribution is 6.09. The van der Waals surface area contributed by atoms with Gasteiger partial charge in [-0.2, -0.15) is 0 Å². The van der Waals surface area contributed by atoms with Gasteiger partial charge < -0.3 is 15.6 Å². The largest absolute Gasteiger partial charge is 0.494 e. The number of nitrogen functional groups attached to an aromatic ring is 1. The summed E-state index contributed by atoms with van der Waals surface area (Å²) in [6.07, 6.45) is 4.13. The van der Waals surface area contributed by atoms with Crippen LogP contribution in [-0.4, -0.2) is 27.7 Å². The molecule has 4 aromatic rings. The Bertz CT molecular complexity index is 1240. The highest BCUT2D eigenvalue weighted by Crippen LogP contribution is 2.30. The molecule has 0 aliphatic carbocycles. The summed E-state index contributed by atoms with van der Waals surface area (Å²) in [4.78, 5) is 19.6. The van der Waals surface area contributed by atoms with Crippen molar-refractivity contribution in [2.75, 3.05) is 12.3 Å². The van der Waals surface area contributed by atoms with Crippen LogP contribution in [0.1, 0.15) is 29.5 Å². The van der Waals surface area contributed by atoms with E-state index in [1.54, 1.807) is 6.20 Å². The van der Waals surface area contributed by atoms with Gasteiger partial charge in [0.15, 0.2) is 5.82 Å². The van der Waals surface area contributed by atoms with Crippen molar-refractivity contribution >= 4 is 33.6 Å². The van der Waals surface area contributed by atoms with Crippen LogP contribution >= 0.6 is 0 Å². The number of hydrogen-bond donors (Lipinski definition) is 2. The molecule has 6 heteroatoms. The Hall–Kier alpha value is -3.67. The second kappa shape index (κ2) is 9.00. The Morgan fingerprint density at radius 3 is 2.68 bits per heavy atom. The molecule has 0 aliphatic rings. The number of ether oxygens (including phenoxy) is 1. The van der Waals surface area contributed by atoms with Gasteiger partial charge >= 0.3 is 5.97 Å². The molecule has 2 heterocycles. The molecule has 2 aromatic carbocycles. The lowest BCUT2D eigenvalue weighted by Crippen LogP contribution is -2.02. The van der Waals surface area contributed by atoms with Gasteiger partial charge in [-0.15, -0.1) is 0 Å². The monoisotopic (exact) mass is 415 g/mol. The molecule has 0 bridgehead atoms. The van der Waals surface area contributed by atoms with E-state index in [2.05, 4.69) is 34.2 Å². The van der Waals surface area contributed by atoms with Crippen LogP contribution in [0.3, 0.4) is 0 Å². The van der Waals surface area contributed by atoms with Gasteiger partial charge in [0.05, 0.1) is 12.1 Å². The fraction of sp³-hybridized carbons (Fsp3) is 0.240. The predicted octanol–water partition coefficient (Wildman–Crippen LogP) is 4.70. The van der Waals surface area contributed by atoms with E-state index in [-0.39, 0.29) is 6.42 Å². The molecule has 31 heavy (non-hydrogen) atoms. The Kier molecular flexibility index (Phi) is 5.98. The highest BCUT2D eigenvalue weighted by atomic mass is 16.5. The lowest BCUT2D eigenvalue weighted by Gasteiger charge is -2.12. The molecule has 0 spiro atoms. The fourth-order valence-electron chi connectivity index (χ4n) is 3.78. The van der Waals surface area contributed by atoms with E-state index in [9.17, 15) is 4.79 Å². The van der Waals surface area contributed by atoms with Gasteiger partial charge in [-0.3, -0.25) is 9.78 Å². The number of aliphatic carboxylic acids is 1. The molecule has 0 amide bonds. The van der Waals surface area contributed by atoms with E-state index >= 15 is 0 Å². The summed E-state index contributed by atoms with van der Waals surface area (Å²) in [7, 11) is 0. The summed E-state index contributed by atoms with van der Waals surface area (Å²) >= 11 is 0. The minimum absolute atomic E-state index is 0.117. The smallest absolute Gasteiger partial charge is 0.303 e. The summed E-state index contributed by atoms with van der Waals surface area (Å²) in [6.45, 7) is 2.45. The highest BCUT2D eigenvalue weighted by Gasteiger charge is 2.12. The third-order valence-corrected chi connectivity index (χ3v) is 5.35. The average molecular weight is 415 g/mol. The molecular weight excluding hydrogens is 390 g/mol. The summed E-state index contributed by atoms with van der Waals surface area (Å²) < 4.78 is 5.61. The molecule has 6 nitrogen and oxygen atoms in total. The number of aromatic nitrogens is 2. The normalized spacial score (nSPS) is 11.1. The molecule has 3 N–H and O–H groups in total. The number of benzene rings is 2. The number of fused-ring (bicyclic) bond motifs is 3. The second-order valence-corrected chi connectivity index (χ2v) is 7.70. The van der Waals surface area contributed by atoms with Gasteiger partial charge in [0.25, 0.3) is 0 Å². The van der Waals surface area contributed by atoms with Crippen molar-refractivity contribution in [3.63, 3.8) is 0 Å². The number of carboxylic acid groups (broad SMARTS) is 1. The van der Waals surface area contributed by atoms with Crippen LogP contribution < -0.4 is 10.5 Å². The van der Waals surface area contributed by atoms with Gasteiger partial charge in [-0.1, -0.05) is 24.3 Å². The first kappa shape index (κ1) is 20.6. The fourth-order valence-corrected chi connectivity index (χ4v) is 3.78. The maximum atomic E-state index is 10.6. The summed E-state index contributed by atoms with van der Waals surface area (Å²) in [6, 6.07) is 16.3. The first-order valence-corrected chi connectivity index (χ1v) is 10.4. The van der Waals surface area contributed by atoms with Crippen molar-refractivity contribution in [1.82, 2.24) is 9.97 Å². The quantitative estimate of drug-likeness (QED) is 0.320. The van der Waals surface area contributed by atoms with Crippen LogP contribution in [0.5, 0.6) is 5.75 Å². The zero-order valence-electron chi connectivity index (χ0n) is 17.5. The predicted molar refractivity (Wildman–Crippen MR) is 122 cm³/mol. The first-order chi connectivity index (χ1) is 15.0. The molecule has 2 aromatic heterocycles. The molecule has 0 radical (unpaired) electrons. The van der Waals surface area contributed by atoms with E-state index < -0.39 is 5.97 Å². The van der Waals surface area contributed by atoms with E-state index in [1.807, 2.05) is 31.2 Å². The number of aryl methyl sites for hydroxylation is 3. The summed E-state index contributed by atoms with van der Waals surface area (Å²) in [5.74, 6) is 0.408. The maximum absolute atomic E-state index is 10.6. The zero-order valence-corrected chi connectivity index (χ0v) is 17.5. The first-order valence-electron chi connectivity index (χ1n) is 10.4. The molecule has 0 aliphatic heterocycles. The topological polar surface area (TPSA) is 98.3 Å². The molecule has 0 unspecified atom stereocenters. The third-order valence-electron chi connectivity index (χ3n) is 5.35. The van der Waals surface area contributed by atoms with E-state index in [0.717, 1.165) is 46.0 Å². The summed E-state index contributed by atoms with van der Waals surface area (Å²) in [5, 5.41) is 10.8. The second-order valence-electron chi connectivity index (χ2n) is 7.70. The van der Waals surface area contributed by atoms with Gasteiger partial charge in [0.1, 0.15) is 11.3 Å². The Balaban J connectivity index is 1.51. The standard InChI is InChI=1S/C25H25N3O3/c1-16-4-11-20-21(15-16)28-25(26)24-23(20)18(12-13-27-24)8-5-17-6-9-19(10-7-17)31-14-2-3-22(29)30/h4,6-7,9-13,15H,2-3,5,8,14H2,1H3,(H2,26,28)(H,29,30). The van der Waals surface area contributed by atoms with E-state index in [1.165, 1.54) is 11.1 Å². The molecule has 0 saturated carbocycles. The Labute approximate surface area is 180 Å². The van der Waals surface area contributed by atoms with Gasteiger partial charge in [-0.25, -0.2) is 4.98 Å². The number of rotatable bonds is 8. The number of anilines is 1. The average Bonchev–Trinajstić information content (AvgIpc) is 2.76. The van der Waals surface area contributed by atoms with Crippen LogP contribution in [0.15, 0.2) is 54.7 Å². The van der Waals surface area contributed by atoms with E-state index in [4.69, 9.17) is 15.6 Å². The number of carbonyl (C=O) groups is 1. The van der Waals surface area contributed by atoms with Crippen molar-refractivity contribution in [2.45, 2.75) is 32.6 Å².